The summed E-state index contributed by atoms with van der Waals surface area (Å²) in [5.41, 5.74) is 8.10. The summed E-state index contributed by atoms with van der Waals surface area (Å²) in [4.78, 5) is 37.0. The Morgan fingerprint density at radius 2 is 2.03 bits per heavy atom. The fraction of sp³-hybridized carbons (Fsp3) is 0.579. The third-order valence-electron chi connectivity index (χ3n) is 4.14. The molecule has 170 valence electrons. The number of methoxy groups -OCH3 is 1. The molecule has 12 nitrogen and oxygen atoms in total. The highest BCUT2D eigenvalue weighted by Gasteiger charge is 2.26. The number of carbonyl (C=O) groups excluding carboxylic acids is 2. The van der Waals surface area contributed by atoms with Crippen molar-refractivity contribution < 1.29 is 28.7 Å². The van der Waals surface area contributed by atoms with Crippen LogP contribution in [0.15, 0.2) is 17.2 Å². The van der Waals surface area contributed by atoms with Gasteiger partial charge in [0.1, 0.15) is 6.10 Å². The number of nitro benzene ring substituents is 1. The Balaban J connectivity index is 2.89. The molecule has 1 N–H and O–H groups in total. The topological polar surface area (TPSA) is 166 Å². The predicted molar refractivity (Wildman–Crippen MR) is 111 cm³/mol. The first kappa shape index (κ1) is 25.5. The molecule has 1 amide bonds. The Morgan fingerprint density at radius 3 is 2.65 bits per heavy atom. The molecule has 31 heavy (non-hydrogen) atoms. The second-order valence-corrected chi connectivity index (χ2v) is 6.41. The van der Waals surface area contributed by atoms with Gasteiger partial charge >= 0.3 is 5.97 Å². The van der Waals surface area contributed by atoms with Gasteiger partial charge in [0.25, 0.3) is 5.69 Å². The molecule has 0 radical (unpaired) electrons. The summed E-state index contributed by atoms with van der Waals surface area (Å²) in [5, 5.41) is 17.6. The van der Waals surface area contributed by atoms with Crippen LogP contribution >= 0.6 is 0 Å². The lowest BCUT2D eigenvalue weighted by molar-refractivity contribution is -0.386. The summed E-state index contributed by atoms with van der Waals surface area (Å²) < 4.78 is 16.1. The molecule has 1 aromatic rings. The van der Waals surface area contributed by atoms with Crippen LogP contribution in [0.1, 0.15) is 51.2 Å². The standard InChI is InChI=1S/C19H27N5O7/c1-4-21-18(25)7-6-10-30-17-12-15(24(27)28)14(11-16(17)29-3)13(2)31-19(26)8-5-9-22-23-20/h11-13H,4-10H2,1-3H3,(H,21,25). The van der Waals surface area contributed by atoms with Crippen LogP contribution in [0.5, 0.6) is 11.5 Å². The van der Waals surface area contributed by atoms with E-state index >= 15 is 0 Å². The largest absolute Gasteiger partial charge is 0.493 e. The molecule has 1 atom stereocenters. The number of nitro groups is 1. The number of azide groups is 1. The molecule has 0 saturated carbocycles. The van der Waals surface area contributed by atoms with Crippen LogP contribution < -0.4 is 14.8 Å². The number of ether oxygens (including phenoxy) is 3. The second-order valence-electron chi connectivity index (χ2n) is 6.41. The van der Waals surface area contributed by atoms with Gasteiger partial charge in [0.2, 0.25) is 5.91 Å². The SMILES string of the molecule is CCNC(=O)CCCOc1cc([N+](=O)[O-])c(C(C)OC(=O)CCCN=[N+]=[N-])cc1OC. The molecule has 1 rings (SSSR count). The first-order chi connectivity index (χ1) is 14.8. The molecule has 1 aromatic carbocycles. The van der Waals surface area contributed by atoms with E-state index < -0.39 is 17.0 Å². The number of hydrogen-bond donors (Lipinski definition) is 1. The maximum atomic E-state index is 12.0. The van der Waals surface area contributed by atoms with Crippen molar-refractivity contribution in [2.75, 3.05) is 26.8 Å². The number of rotatable bonds is 14. The van der Waals surface area contributed by atoms with Gasteiger partial charge in [-0.2, -0.15) is 0 Å². The van der Waals surface area contributed by atoms with Crippen LogP contribution in [0.2, 0.25) is 0 Å². The number of benzene rings is 1. The van der Waals surface area contributed by atoms with E-state index in [9.17, 15) is 19.7 Å². The molecule has 0 aromatic heterocycles. The van der Waals surface area contributed by atoms with E-state index in [0.29, 0.717) is 19.4 Å². The van der Waals surface area contributed by atoms with Crippen molar-refractivity contribution in [2.45, 2.75) is 45.6 Å². The summed E-state index contributed by atoms with van der Waals surface area (Å²) in [6.07, 6.45) is 0.107. The van der Waals surface area contributed by atoms with Crippen LogP contribution in [-0.4, -0.2) is 43.6 Å². The smallest absolute Gasteiger partial charge is 0.306 e. The number of nitrogens with one attached hydrogen (secondary N) is 1. The Kier molecular flexibility index (Phi) is 11.2. The van der Waals surface area contributed by atoms with E-state index in [1.807, 2.05) is 6.92 Å². The van der Waals surface area contributed by atoms with Crippen molar-refractivity contribution in [2.24, 2.45) is 5.11 Å². The highest BCUT2D eigenvalue weighted by molar-refractivity contribution is 5.75. The number of nitrogens with zero attached hydrogens (tertiary/aromatic N) is 4. The van der Waals surface area contributed by atoms with Gasteiger partial charge < -0.3 is 19.5 Å². The van der Waals surface area contributed by atoms with Gasteiger partial charge in [0.15, 0.2) is 11.5 Å². The van der Waals surface area contributed by atoms with Gasteiger partial charge in [-0.1, -0.05) is 5.11 Å². The highest BCUT2D eigenvalue weighted by atomic mass is 16.6. The lowest BCUT2D eigenvalue weighted by atomic mass is 10.1. The fourth-order valence-corrected chi connectivity index (χ4v) is 2.68. The maximum Gasteiger partial charge on any atom is 0.306 e. The van der Waals surface area contributed by atoms with Crippen molar-refractivity contribution in [3.8, 4) is 11.5 Å². The van der Waals surface area contributed by atoms with Crippen LogP contribution in [0.4, 0.5) is 5.69 Å². The van der Waals surface area contributed by atoms with Crippen LogP contribution in [0.25, 0.3) is 10.4 Å². The Morgan fingerprint density at radius 1 is 1.29 bits per heavy atom. The van der Waals surface area contributed by atoms with Gasteiger partial charge in [-0.25, -0.2) is 0 Å². The minimum absolute atomic E-state index is 0.0150. The lowest BCUT2D eigenvalue weighted by Gasteiger charge is -2.17. The van der Waals surface area contributed by atoms with E-state index in [2.05, 4.69) is 15.3 Å². The average Bonchev–Trinajstić information content (AvgIpc) is 2.73. The zero-order chi connectivity index (χ0) is 23.2. The van der Waals surface area contributed by atoms with Crippen LogP contribution in [0, 0.1) is 10.1 Å². The molecule has 0 bridgehead atoms. The van der Waals surface area contributed by atoms with Crippen molar-refractivity contribution in [3.05, 3.63) is 38.3 Å². The zero-order valence-electron chi connectivity index (χ0n) is 17.8. The molecule has 0 heterocycles. The Hall–Kier alpha value is -3.53. The summed E-state index contributed by atoms with van der Waals surface area (Å²) in [7, 11) is 1.39. The number of esters is 1. The molecular weight excluding hydrogens is 410 g/mol. The van der Waals surface area contributed by atoms with Crippen molar-refractivity contribution in [3.63, 3.8) is 0 Å². The molecule has 0 saturated heterocycles. The fourth-order valence-electron chi connectivity index (χ4n) is 2.68. The lowest BCUT2D eigenvalue weighted by Crippen LogP contribution is -2.22. The molecule has 0 aliphatic rings. The van der Waals surface area contributed by atoms with E-state index in [0.717, 1.165) is 0 Å². The van der Waals surface area contributed by atoms with Gasteiger partial charge in [0.05, 0.1) is 30.3 Å². The third-order valence-corrected chi connectivity index (χ3v) is 4.14. The first-order valence-electron chi connectivity index (χ1n) is 9.80. The normalized spacial score (nSPS) is 11.1. The summed E-state index contributed by atoms with van der Waals surface area (Å²) in [6.45, 7) is 4.19. The minimum Gasteiger partial charge on any atom is -0.493 e. The van der Waals surface area contributed by atoms with E-state index in [1.54, 1.807) is 0 Å². The second kappa shape index (κ2) is 13.6. The van der Waals surface area contributed by atoms with Crippen LogP contribution in [0.3, 0.4) is 0 Å². The van der Waals surface area contributed by atoms with Gasteiger partial charge in [-0.3, -0.25) is 19.7 Å². The molecule has 1 unspecified atom stereocenters. The molecule has 0 aliphatic carbocycles. The average molecular weight is 437 g/mol. The quantitative estimate of drug-likeness (QED) is 0.0882. The summed E-state index contributed by atoms with van der Waals surface area (Å²) >= 11 is 0. The van der Waals surface area contributed by atoms with E-state index in [-0.39, 0.29) is 54.7 Å². The number of amides is 1. The molecular formula is C19H27N5O7. The predicted octanol–water partition coefficient (Wildman–Crippen LogP) is 3.59. The van der Waals surface area contributed by atoms with Crippen molar-refractivity contribution in [1.82, 2.24) is 5.32 Å². The Bertz CT molecular complexity index is 824. The molecule has 0 aliphatic heterocycles. The van der Waals surface area contributed by atoms with E-state index in [4.69, 9.17) is 19.7 Å². The van der Waals surface area contributed by atoms with Gasteiger partial charge in [0, 0.05) is 30.8 Å². The molecule has 12 heteroatoms. The number of hydrogen-bond acceptors (Lipinski definition) is 8. The van der Waals surface area contributed by atoms with Crippen LogP contribution in [-0.2, 0) is 14.3 Å². The van der Waals surface area contributed by atoms with Crippen molar-refractivity contribution >= 4 is 17.6 Å². The first-order valence-corrected chi connectivity index (χ1v) is 9.80. The van der Waals surface area contributed by atoms with Gasteiger partial charge in [-0.05, 0) is 38.3 Å². The molecule has 0 spiro atoms. The van der Waals surface area contributed by atoms with E-state index in [1.165, 1.54) is 26.2 Å². The summed E-state index contributed by atoms with van der Waals surface area (Å²) in [6, 6.07) is 2.61. The minimum atomic E-state index is -0.909. The van der Waals surface area contributed by atoms with Crippen molar-refractivity contribution in [1.29, 1.82) is 0 Å². The van der Waals surface area contributed by atoms with Gasteiger partial charge in [-0.15, -0.1) is 0 Å². The summed E-state index contributed by atoms with van der Waals surface area (Å²) in [5.74, 6) is -0.277. The highest BCUT2D eigenvalue weighted by Crippen LogP contribution is 2.38. The zero-order valence-corrected chi connectivity index (χ0v) is 17.8. The molecule has 0 fully saturated rings. The third kappa shape index (κ3) is 8.79. The monoisotopic (exact) mass is 437 g/mol. The maximum absolute atomic E-state index is 12.0. The number of carbonyl (C=O) groups is 2. The Labute approximate surface area is 179 Å².